The molecule has 0 rings (SSSR count). The summed E-state index contributed by atoms with van der Waals surface area (Å²) in [4.78, 5) is 0. The topological polar surface area (TPSA) is 83.1 Å². The zero-order chi connectivity index (χ0) is 24.7. The van der Waals surface area contributed by atoms with Gasteiger partial charge in [0, 0.05) is 101 Å². The van der Waals surface area contributed by atoms with E-state index in [0.717, 1.165) is 61.5 Å². The first-order valence-electron chi connectivity index (χ1n) is 11.0. The SMILES string of the molecule is CO[Si](CCC[N+](C)(CCC[Si](OC)(OC)OC)CCC[Si](OC)(OC)OC)(OC)OC. The minimum Gasteiger partial charge on any atom is -0.377 e. The van der Waals surface area contributed by atoms with Gasteiger partial charge in [0.2, 0.25) is 0 Å². The van der Waals surface area contributed by atoms with E-state index in [2.05, 4.69) is 7.05 Å². The second-order valence-electron chi connectivity index (χ2n) is 7.99. The van der Waals surface area contributed by atoms with Crippen molar-refractivity contribution in [2.75, 3.05) is 90.7 Å². The van der Waals surface area contributed by atoms with Crippen LogP contribution >= 0.6 is 0 Å². The molecule has 0 aliphatic carbocycles. The van der Waals surface area contributed by atoms with E-state index in [1.165, 1.54) is 0 Å². The summed E-state index contributed by atoms with van der Waals surface area (Å²) in [6.07, 6.45) is 2.79. The van der Waals surface area contributed by atoms with Gasteiger partial charge in [-0.15, -0.1) is 0 Å². The lowest BCUT2D eigenvalue weighted by molar-refractivity contribution is -0.909. The number of hydrogen-bond donors (Lipinski definition) is 0. The second kappa shape index (κ2) is 16.0. The van der Waals surface area contributed by atoms with Crippen LogP contribution in [0.1, 0.15) is 19.3 Å². The van der Waals surface area contributed by atoms with E-state index in [-0.39, 0.29) is 0 Å². The molecule has 0 saturated heterocycles. The van der Waals surface area contributed by atoms with Crippen LogP contribution in [-0.4, -0.2) is 122 Å². The van der Waals surface area contributed by atoms with Crippen molar-refractivity contribution in [3.05, 3.63) is 0 Å². The van der Waals surface area contributed by atoms with Gasteiger partial charge in [-0.1, -0.05) is 0 Å². The summed E-state index contributed by atoms with van der Waals surface area (Å²) in [6.45, 7) is 2.90. The molecule has 0 radical (unpaired) electrons. The maximum Gasteiger partial charge on any atom is 0.500 e. The first-order chi connectivity index (χ1) is 15.2. The third kappa shape index (κ3) is 9.85. The lowest BCUT2D eigenvalue weighted by Gasteiger charge is -2.37. The molecule has 0 aromatic rings. The van der Waals surface area contributed by atoms with Crippen LogP contribution in [0.3, 0.4) is 0 Å². The average Bonchev–Trinajstić information content (AvgIpc) is 2.83. The molecule has 0 bridgehead atoms. The Kier molecular flexibility index (Phi) is 16.1. The largest absolute Gasteiger partial charge is 0.500 e. The van der Waals surface area contributed by atoms with Crippen LogP contribution in [-0.2, 0) is 39.8 Å². The Balaban J connectivity index is 5.18. The molecule has 0 heterocycles. The highest BCUT2D eigenvalue weighted by molar-refractivity contribution is 6.61. The van der Waals surface area contributed by atoms with Crippen LogP contribution in [0.2, 0.25) is 18.1 Å². The molecule has 0 aromatic heterocycles. The van der Waals surface area contributed by atoms with Crippen molar-refractivity contribution in [1.29, 1.82) is 0 Å². The number of nitrogens with zero attached hydrogens (tertiary/aromatic N) is 1. The fourth-order valence-electron chi connectivity index (χ4n) is 4.04. The molecule has 0 saturated carbocycles. The number of quaternary nitrogens is 1. The van der Waals surface area contributed by atoms with E-state index in [1.54, 1.807) is 64.0 Å². The lowest BCUT2D eigenvalue weighted by atomic mass is 10.2. The van der Waals surface area contributed by atoms with E-state index < -0.39 is 26.4 Å². The molecule has 0 atom stereocenters. The maximum absolute atomic E-state index is 5.59. The molecule has 0 aromatic carbocycles. The van der Waals surface area contributed by atoms with E-state index in [1.807, 2.05) is 0 Å². The standard InChI is InChI=1S/C19H48NO9Si3/c1-20(14-11-17-30(21-2,22-3)23-4,15-12-18-31(24-5,25-6)26-7)16-13-19-32(27-8,28-9)29-10/h11-19H2,1-10H3/q+1. The Bertz CT molecular complexity index is 390. The zero-order valence-electron chi connectivity index (χ0n) is 22.0. The molecular formula is C19H48NO9Si3+. The fourth-order valence-corrected chi connectivity index (χ4v) is 9.15. The Morgan fingerprint density at radius 1 is 0.406 bits per heavy atom. The minimum absolute atomic E-state index is 0.768. The van der Waals surface area contributed by atoms with Gasteiger partial charge >= 0.3 is 26.4 Å². The van der Waals surface area contributed by atoms with E-state index >= 15 is 0 Å². The van der Waals surface area contributed by atoms with Crippen molar-refractivity contribution in [3.63, 3.8) is 0 Å². The number of hydrogen-bond acceptors (Lipinski definition) is 9. The second-order valence-corrected chi connectivity index (χ2v) is 17.3. The zero-order valence-corrected chi connectivity index (χ0v) is 25.0. The van der Waals surface area contributed by atoms with Gasteiger partial charge in [-0.2, -0.15) is 0 Å². The smallest absolute Gasteiger partial charge is 0.377 e. The highest BCUT2D eigenvalue weighted by Crippen LogP contribution is 2.22. The van der Waals surface area contributed by atoms with Gasteiger partial charge in [0.25, 0.3) is 0 Å². The molecule has 0 spiro atoms. The number of rotatable bonds is 21. The Morgan fingerprint density at radius 3 is 0.750 bits per heavy atom. The Labute approximate surface area is 199 Å². The maximum atomic E-state index is 5.59. The first-order valence-corrected chi connectivity index (χ1v) is 16.8. The van der Waals surface area contributed by atoms with Gasteiger partial charge in [-0.05, 0) is 0 Å². The Hall–Kier alpha value is 0.251. The van der Waals surface area contributed by atoms with Crippen molar-refractivity contribution in [2.45, 2.75) is 37.4 Å². The van der Waals surface area contributed by atoms with Crippen LogP contribution < -0.4 is 0 Å². The predicted octanol–water partition coefficient (Wildman–Crippen LogP) is 2.24. The third-order valence-corrected chi connectivity index (χ3v) is 14.8. The van der Waals surface area contributed by atoms with E-state index in [9.17, 15) is 0 Å². The molecule has 0 unspecified atom stereocenters. The molecule has 0 amide bonds. The molecule has 194 valence electrons. The molecular weight excluding hydrogens is 470 g/mol. The van der Waals surface area contributed by atoms with Crippen molar-refractivity contribution < 1.29 is 44.3 Å². The quantitative estimate of drug-likeness (QED) is 0.168. The van der Waals surface area contributed by atoms with Crippen LogP contribution in [0.25, 0.3) is 0 Å². The first kappa shape index (κ1) is 32.3. The van der Waals surface area contributed by atoms with Gasteiger partial charge in [0.05, 0.1) is 26.7 Å². The van der Waals surface area contributed by atoms with Crippen LogP contribution in [0, 0.1) is 0 Å². The van der Waals surface area contributed by atoms with Crippen LogP contribution in [0.15, 0.2) is 0 Å². The Morgan fingerprint density at radius 2 is 0.594 bits per heavy atom. The monoisotopic (exact) mass is 518 g/mol. The molecule has 0 fully saturated rings. The summed E-state index contributed by atoms with van der Waals surface area (Å²) in [5.41, 5.74) is 0. The highest BCUT2D eigenvalue weighted by atomic mass is 28.4. The van der Waals surface area contributed by atoms with E-state index in [4.69, 9.17) is 39.8 Å². The van der Waals surface area contributed by atoms with Crippen LogP contribution in [0.4, 0.5) is 0 Å². The van der Waals surface area contributed by atoms with Gasteiger partial charge in [-0.3, -0.25) is 0 Å². The molecule has 0 aliphatic heterocycles. The van der Waals surface area contributed by atoms with E-state index in [0.29, 0.717) is 0 Å². The third-order valence-electron chi connectivity index (χ3n) is 6.34. The lowest BCUT2D eigenvalue weighted by Crippen LogP contribution is -2.50. The summed E-state index contributed by atoms with van der Waals surface area (Å²) < 4.78 is 51.2. The minimum atomic E-state index is -2.59. The summed E-state index contributed by atoms with van der Waals surface area (Å²) in [5, 5.41) is 0. The van der Waals surface area contributed by atoms with Crippen molar-refractivity contribution in [1.82, 2.24) is 0 Å². The highest BCUT2D eigenvalue weighted by Gasteiger charge is 2.41. The molecule has 10 nitrogen and oxygen atoms in total. The fraction of sp³-hybridized carbons (Fsp3) is 1.00. The van der Waals surface area contributed by atoms with Gasteiger partial charge in [-0.25, -0.2) is 0 Å². The summed E-state index contributed by atoms with van der Waals surface area (Å²) >= 11 is 0. The van der Waals surface area contributed by atoms with Crippen molar-refractivity contribution >= 4 is 26.4 Å². The molecule has 13 heteroatoms. The summed E-state index contributed by atoms with van der Waals surface area (Å²) in [7, 11) is 9.40. The van der Waals surface area contributed by atoms with Gasteiger partial charge < -0.3 is 44.3 Å². The normalized spacial score (nSPS) is 13.7. The molecule has 32 heavy (non-hydrogen) atoms. The van der Waals surface area contributed by atoms with Crippen molar-refractivity contribution in [3.8, 4) is 0 Å². The molecule has 0 aliphatic rings. The van der Waals surface area contributed by atoms with Gasteiger partial charge in [0.1, 0.15) is 0 Å². The van der Waals surface area contributed by atoms with Gasteiger partial charge in [0.15, 0.2) is 0 Å². The molecule has 0 N–H and O–H groups in total. The summed E-state index contributed by atoms with van der Waals surface area (Å²) in [5.74, 6) is 0. The average molecular weight is 519 g/mol. The van der Waals surface area contributed by atoms with Crippen molar-refractivity contribution in [2.24, 2.45) is 0 Å². The van der Waals surface area contributed by atoms with Crippen LogP contribution in [0.5, 0.6) is 0 Å². The predicted molar refractivity (Wildman–Crippen MR) is 129 cm³/mol. The summed E-state index contributed by atoms with van der Waals surface area (Å²) in [6, 6.07) is 2.30.